The van der Waals surface area contributed by atoms with Crippen molar-refractivity contribution in [2.24, 2.45) is 0 Å². The van der Waals surface area contributed by atoms with Gasteiger partial charge in [0, 0.05) is 10.0 Å². The Bertz CT molecular complexity index is 443. The van der Waals surface area contributed by atoms with Gasteiger partial charge in [-0.05, 0) is 23.6 Å². The van der Waals surface area contributed by atoms with Gasteiger partial charge in [0.25, 0.3) is 0 Å². The highest BCUT2D eigenvalue weighted by atomic mass is 79.9. The van der Waals surface area contributed by atoms with E-state index < -0.39 is 12.1 Å². The molecule has 0 radical (unpaired) electrons. The Labute approximate surface area is 115 Å². The van der Waals surface area contributed by atoms with E-state index in [2.05, 4.69) is 20.7 Å². The molecule has 0 aliphatic rings. The van der Waals surface area contributed by atoms with Crippen LogP contribution in [0, 0.1) is 0 Å². The van der Waals surface area contributed by atoms with Gasteiger partial charge in [-0.25, -0.2) is 4.79 Å². The van der Waals surface area contributed by atoms with Gasteiger partial charge in [-0.15, -0.1) is 0 Å². The highest BCUT2D eigenvalue weighted by Gasteiger charge is 2.22. The molecule has 18 heavy (non-hydrogen) atoms. The molecule has 1 atom stereocenters. The van der Waals surface area contributed by atoms with Crippen molar-refractivity contribution in [3.05, 3.63) is 27.7 Å². The molecule has 0 heterocycles. The number of aliphatic hydroxyl groups is 1. The minimum absolute atomic E-state index is 0.263. The lowest BCUT2D eigenvalue weighted by Gasteiger charge is -2.17. The summed E-state index contributed by atoms with van der Waals surface area (Å²) in [5, 5.41) is 9.81. The van der Waals surface area contributed by atoms with Gasteiger partial charge < -0.3 is 14.6 Å². The molecule has 0 fully saturated rings. The van der Waals surface area contributed by atoms with E-state index in [1.807, 2.05) is 13.8 Å². The Morgan fingerprint density at radius 2 is 1.94 bits per heavy atom. The number of ether oxygens (including phenoxy) is 2. The van der Waals surface area contributed by atoms with Gasteiger partial charge in [-0.1, -0.05) is 29.8 Å². The number of rotatable bonds is 4. The second-order valence-corrected chi connectivity index (χ2v) is 5.05. The largest absolute Gasteiger partial charge is 0.496 e. The van der Waals surface area contributed by atoms with Gasteiger partial charge >= 0.3 is 5.97 Å². The molecule has 0 aliphatic heterocycles. The number of carbonyl (C=O) groups excluding carboxylic acids is 1. The maximum Gasteiger partial charge on any atom is 0.339 e. The smallest absolute Gasteiger partial charge is 0.339 e. The minimum Gasteiger partial charge on any atom is -0.496 e. The molecule has 0 aliphatic carbocycles. The lowest BCUT2D eigenvalue weighted by molar-refractivity contribution is -0.150. The molecule has 0 saturated carbocycles. The molecule has 5 heteroatoms. The molecular formula is C13H17BrO4. The molecule has 1 aromatic carbocycles. The van der Waals surface area contributed by atoms with Crippen molar-refractivity contribution in [3.8, 4) is 5.75 Å². The van der Waals surface area contributed by atoms with E-state index in [9.17, 15) is 9.90 Å². The summed E-state index contributed by atoms with van der Waals surface area (Å²) in [5.41, 5.74) is 1.44. The first-order valence-electron chi connectivity index (χ1n) is 5.55. The van der Waals surface area contributed by atoms with E-state index in [0.717, 1.165) is 10.0 Å². The van der Waals surface area contributed by atoms with Crippen LogP contribution in [-0.2, 0) is 9.53 Å². The third kappa shape index (κ3) is 3.03. The molecule has 0 aromatic heterocycles. The fourth-order valence-electron chi connectivity index (χ4n) is 1.75. The first-order chi connectivity index (χ1) is 8.42. The molecule has 1 aromatic rings. The number of hydrogen-bond acceptors (Lipinski definition) is 4. The summed E-state index contributed by atoms with van der Waals surface area (Å²) in [7, 11) is 2.79. The van der Waals surface area contributed by atoms with E-state index in [1.54, 1.807) is 19.2 Å². The second kappa shape index (κ2) is 6.20. The van der Waals surface area contributed by atoms with Gasteiger partial charge in [0.05, 0.1) is 14.2 Å². The van der Waals surface area contributed by atoms with Crippen molar-refractivity contribution in [2.75, 3.05) is 14.2 Å². The van der Waals surface area contributed by atoms with Gasteiger partial charge in [0.2, 0.25) is 0 Å². The number of methoxy groups -OCH3 is 2. The first-order valence-corrected chi connectivity index (χ1v) is 6.34. The van der Waals surface area contributed by atoms with Gasteiger partial charge in [0.15, 0.2) is 6.10 Å². The van der Waals surface area contributed by atoms with Crippen LogP contribution in [0.3, 0.4) is 0 Å². The van der Waals surface area contributed by atoms with Crippen LogP contribution in [0.5, 0.6) is 5.75 Å². The summed E-state index contributed by atoms with van der Waals surface area (Å²) in [6.07, 6.45) is -1.30. The predicted molar refractivity (Wildman–Crippen MR) is 71.8 cm³/mol. The van der Waals surface area contributed by atoms with Gasteiger partial charge in [0.1, 0.15) is 5.75 Å². The van der Waals surface area contributed by atoms with Gasteiger partial charge in [-0.3, -0.25) is 0 Å². The fraction of sp³-hybridized carbons (Fsp3) is 0.462. The third-order valence-electron chi connectivity index (χ3n) is 2.65. The SMILES string of the molecule is COC(=O)C(O)c1cc(Br)c(C(C)C)c(OC)c1. The lowest BCUT2D eigenvalue weighted by atomic mass is 9.98. The molecule has 4 nitrogen and oxygen atoms in total. The van der Waals surface area contributed by atoms with Crippen LogP contribution in [0.25, 0.3) is 0 Å². The van der Waals surface area contributed by atoms with Crippen molar-refractivity contribution in [2.45, 2.75) is 25.9 Å². The number of hydrogen-bond donors (Lipinski definition) is 1. The number of esters is 1. The zero-order valence-electron chi connectivity index (χ0n) is 10.9. The summed E-state index contributed by atoms with van der Waals surface area (Å²) < 4.78 is 10.6. The van der Waals surface area contributed by atoms with Crippen molar-refractivity contribution in [1.29, 1.82) is 0 Å². The molecule has 0 saturated heterocycles. The molecule has 0 bridgehead atoms. The van der Waals surface area contributed by atoms with E-state index >= 15 is 0 Å². The first kappa shape index (κ1) is 15.0. The lowest BCUT2D eigenvalue weighted by Crippen LogP contribution is -2.14. The van der Waals surface area contributed by atoms with Crippen LogP contribution in [0.15, 0.2) is 16.6 Å². The maximum absolute atomic E-state index is 11.3. The van der Waals surface area contributed by atoms with Crippen molar-refractivity contribution in [3.63, 3.8) is 0 Å². The normalized spacial score (nSPS) is 12.4. The molecule has 0 spiro atoms. The quantitative estimate of drug-likeness (QED) is 0.868. The number of halogens is 1. The van der Waals surface area contributed by atoms with Gasteiger partial charge in [-0.2, -0.15) is 0 Å². The highest BCUT2D eigenvalue weighted by molar-refractivity contribution is 9.10. The zero-order chi connectivity index (χ0) is 13.9. The Balaban J connectivity index is 3.26. The molecule has 0 amide bonds. The van der Waals surface area contributed by atoms with E-state index in [-0.39, 0.29) is 5.92 Å². The summed E-state index contributed by atoms with van der Waals surface area (Å²) in [4.78, 5) is 11.3. The summed E-state index contributed by atoms with van der Waals surface area (Å²) >= 11 is 3.44. The zero-order valence-corrected chi connectivity index (χ0v) is 12.4. The van der Waals surface area contributed by atoms with Crippen LogP contribution in [0.4, 0.5) is 0 Å². The number of benzene rings is 1. The Hall–Kier alpha value is -1.07. The van der Waals surface area contributed by atoms with E-state index in [0.29, 0.717) is 11.3 Å². The summed E-state index contributed by atoms with van der Waals surface area (Å²) in [6, 6.07) is 3.36. The van der Waals surface area contributed by atoms with Crippen molar-refractivity contribution < 1.29 is 19.4 Å². The molecular weight excluding hydrogens is 300 g/mol. The standard InChI is InChI=1S/C13H17BrO4/c1-7(2)11-9(14)5-8(6-10(11)17-3)12(15)13(16)18-4/h5-7,12,15H,1-4H3. The Morgan fingerprint density at radius 3 is 2.39 bits per heavy atom. The van der Waals surface area contributed by atoms with Crippen LogP contribution in [0.1, 0.15) is 37.0 Å². The molecule has 100 valence electrons. The monoisotopic (exact) mass is 316 g/mol. The summed E-state index contributed by atoms with van der Waals surface area (Å²) in [6.45, 7) is 4.08. The minimum atomic E-state index is -1.30. The maximum atomic E-state index is 11.3. The van der Waals surface area contributed by atoms with Crippen LogP contribution >= 0.6 is 15.9 Å². The van der Waals surface area contributed by atoms with E-state index in [4.69, 9.17) is 4.74 Å². The van der Waals surface area contributed by atoms with E-state index in [1.165, 1.54) is 7.11 Å². The molecule has 1 rings (SSSR count). The topological polar surface area (TPSA) is 55.8 Å². The van der Waals surface area contributed by atoms with Crippen LogP contribution in [-0.4, -0.2) is 25.3 Å². The average molecular weight is 317 g/mol. The van der Waals surface area contributed by atoms with Crippen molar-refractivity contribution >= 4 is 21.9 Å². The van der Waals surface area contributed by atoms with Crippen molar-refractivity contribution in [1.82, 2.24) is 0 Å². The molecule has 1 N–H and O–H groups in total. The summed E-state index contributed by atoms with van der Waals surface area (Å²) in [5.74, 6) is 0.206. The van der Waals surface area contributed by atoms with Crippen LogP contribution in [0.2, 0.25) is 0 Å². The second-order valence-electron chi connectivity index (χ2n) is 4.20. The van der Waals surface area contributed by atoms with Crippen LogP contribution < -0.4 is 4.74 Å². The highest BCUT2D eigenvalue weighted by Crippen LogP contribution is 2.36. The number of carbonyl (C=O) groups is 1. The third-order valence-corrected chi connectivity index (χ3v) is 3.31. The Morgan fingerprint density at radius 1 is 1.33 bits per heavy atom. The predicted octanol–water partition coefficient (Wildman–Crippen LogP) is 2.79. The Kier molecular flexibility index (Phi) is 5.16. The average Bonchev–Trinajstić information content (AvgIpc) is 2.35. The number of aliphatic hydroxyl groups excluding tert-OH is 1. The molecule has 1 unspecified atom stereocenters. The fourth-order valence-corrected chi connectivity index (χ4v) is 2.66.